The monoisotopic (exact) mass is 268 g/mol. The molecule has 0 amide bonds. The zero-order valence-corrected chi connectivity index (χ0v) is 11.0. The molecule has 18 heavy (non-hydrogen) atoms. The van der Waals surface area contributed by atoms with Crippen molar-refractivity contribution < 1.29 is 8.91 Å². The first-order chi connectivity index (χ1) is 8.50. The van der Waals surface area contributed by atoms with Crippen LogP contribution in [0.1, 0.15) is 19.4 Å². The Balaban J connectivity index is 2.54. The number of hydrogen-bond acceptors (Lipinski definition) is 3. The summed E-state index contributed by atoms with van der Waals surface area (Å²) in [6.45, 7) is 4.09. The fourth-order valence-corrected chi connectivity index (χ4v) is 1.99. The lowest BCUT2D eigenvalue weighted by molar-refractivity contribution is 0.432. The molecule has 0 saturated carbocycles. The minimum Gasteiger partial charge on any atom is -0.381 e. The van der Waals surface area contributed by atoms with Crippen molar-refractivity contribution in [2.45, 2.75) is 20.3 Å². The summed E-state index contributed by atoms with van der Waals surface area (Å²) in [7, 11) is 0. The van der Waals surface area contributed by atoms with E-state index in [9.17, 15) is 4.39 Å². The number of nitrogens with two attached hydrogens (primary N) is 1. The van der Waals surface area contributed by atoms with Crippen LogP contribution < -0.4 is 5.73 Å². The maximum atomic E-state index is 14.0. The number of rotatable bonds is 3. The summed E-state index contributed by atoms with van der Waals surface area (Å²) in [6, 6.07) is 4.76. The molecule has 0 fully saturated rings. The minimum atomic E-state index is -0.514. The standard InChI is InChI=1S/C13H14ClFN2O/c1-7(2)6-9-12(18-17-13(9)16)8-4-3-5-10(14)11(8)15/h3-5,7H,6H2,1-2H3,(H2,16,17). The largest absolute Gasteiger partial charge is 0.381 e. The number of aromatic nitrogens is 1. The molecule has 0 aliphatic carbocycles. The minimum absolute atomic E-state index is 0.0537. The van der Waals surface area contributed by atoms with Gasteiger partial charge in [-0.1, -0.05) is 36.7 Å². The van der Waals surface area contributed by atoms with Crippen molar-refractivity contribution >= 4 is 17.4 Å². The fraction of sp³-hybridized carbons (Fsp3) is 0.308. The van der Waals surface area contributed by atoms with Gasteiger partial charge >= 0.3 is 0 Å². The van der Waals surface area contributed by atoms with Crippen molar-refractivity contribution in [2.24, 2.45) is 5.92 Å². The Labute approximate surface area is 110 Å². The SMILES string of the molecule is CC(C)Cc1c(N)noc1-c1cccc(Cl)c1F. The molecular weight excluding hydrogens is 255 g/mol. The second kappa shape index (κ2) is 4.98. The van der Waals surface area contributed by atoms with Gasteiger partial charge in [0.25, 0.3) is 0 Å². The van der Waals surface area contributed by atoms with E-state index in [0.717, 1.165) is 5.56 Å². The number of nitrogen functional groups attached to an aromatic ring is 1. The van der Waals surface area contributed by atoms with Crippen LogP contribution in [0, 0.1) is 11.7 Å². The van der Waals surface area contributed by atoms with Crippen molar-refractivity contribution in [2.75, 3.05) is 5.73 Å². The van der Waals surface area contributed by atoms with Gasteiger partial charge in [0.05, 0.1) is 10.6 Å². The molecule has 0 radical (unpaired) electrons. The van der Waals surface area contributed by atoms with Gasteiger partial charge in [0.15, 0.2) is 17.4 Å². The summed E-state index contributed by atoms with van der Waals surface area (Å²) in [5.74, 6) is 0.521. The first-order valence-corrected chi connectivity index (χ1v) is 6.07. The lowest BCUT2D eigenvalue weighted by Crippen LogP contribution is -1.99. The lowest BCUT2D eigenvalue weighted by Gasteiger charge is -2.06. The Bertz CT molecular complexity index is 566. The third-order valence-corrected chi connectivity index (χ3v) is 2.92. The first kappa shape index (κ1) is 12.9. The highest BCUT2D eigenvalue weighted by atomic mass is 35.5. The van der Waals surface area contributed by atoms with Gasteiger partial charge in [-0.05, 0) is 24.5 Å². The summed E-state index contributed by atoms with van der Waals surface area (Å²) in [5, 5.41) is 3.76. The Morgan fingerprint density at radius 1 is 1.44 bits per heavy atom. The Morgan fingerprint density at radius 2 is 2.17 bits per heavy atom. The summed E-state index contributed by atoms with van der Waals surface area (Å²) >= 11 is 5.76. The van der Waals surface area contributed by atoms with Gasteiger partial charge < -0.3 is 10.3 Å². The van der Waals surface area contributed by atoms with E-state index in [-0.39, 0.29) is 5.02 Å². The molecule has 2 aromatic rings. The second-order valence-corrected chi connectivity index (χ2v) is 4.98. The van der Waals surface area contributed by atoms with Gasteiger partial charge in [-0.25, -0.2) is 4.39 Å². The second-order valence-electron chi connectivity index (χ2n) is 4.57. The molecule has 0 bridgehead atoms. The predicted molar refractivity (Wildman–Crippen MR) is 69.9 cm³/mol. The van der Waals surface area contributed by atoms with E-state index in [1.807, 2.05) is 13.8 Å². The maximum absolute atomic E-state index is 14.0. The third-order valence-electron chi connectivity index (χ3n) is 2.63. The molecule has 5 heteroatoms. The highest BCUT2D eigenvalue weighted by molar-refractivity contribution is 6.31. The quantitative estimate of drug-likeness (QED) is 0.918. The summed E-state index contributed by atoms with van der Waals surface area (Å²) in [4.78, 5) is 0. The van der Waals surface area contributed by atoms with E-state index >= 15 is 0 Å². The van der Waals surface area contributed by atoms with Gasteiger partial charge in [0.1, 0.15) is 0 Å². The Morgan fingerprint density at radius 3 is 2.83 bits per heavy atom. The van der Waals surface area contributed by atoms with Crippen LogP contribution in [0.5, 0.6) is 0 Å². The van der Waals surface area contributed by atoms with Crippen LogP contribution in [-0.2, 0) is 6.42 Å². The summed E-state index contributed by atoms with van der Waals surface area (Å²) in [6.07, 6.45) is 0.677. The molecule has 1 heterocycles. The van der Waals surface area contributed by atoms with Crippen molar-refractivity contribution in [1.82, 2.24) is 5.16 Å². The summed E-state index contributed by atoms with van der Waals surface area (Å²) < 4.78 is 19.1. The number of anilines is 1. The molecule has 0 atom stereocenters. The van der Waals surface area contributed by atoms with Crippen molar-refractivity contribution in [3.63, 3.8) is 0 Å². The highest BCUT2D eigenvalue weighted by Gasteiger charge is 2.20. The predicted octanol–water partition coefficient (Wildman–Crippen LogP) is 3.91. The average Bonchev–Trinajstić information content (AvgIpc) is 2.64. The topological polar surface area (TPSA) is 52.0 Å². The van der Waals surface area contributed by atoms with Gasteiger partial charge in [-0.3, -0.25) is 0 Å². The van der Waals surface area contributed by atoms with Crippen LogP contribution in [-0.4, -0.2) is 5.16 Å². The fourth-order valence-electron chi connectivity index (χ4n) is 1.82. The molecular formula is C13H14ClFN2O. The first-order valence-electron chi connectivity index (χ1n) is 5.69. The highest BCUT2D eigenvalue weighted by Crippen LogP contribution is 2.33. The zero-order valence-electron chi connectivity index (χ0n) is 10.2. The Hall–Kier alpha value is -1.55. The van der Waals surface area contributed by atoms with Crippen molar-refractivity contribution in [3.05, 3.63) is 34.6 Å². The van der Waals surface area contributed by atoms with Gasteiger partial charge in [-0.15, -0.1) is 0 Å². The maximum Gasteiger partial charge on any atom is 0.175 e. The molecule has 2 N–H and O–H groups in total. The van der Waals surface area contributed by atoms with Crippen LogP contribution in [0.4, 0.5) is 10.2 Å². The van der Waals surface area contributed by atoms with E-state index in [0.29, 0.717) is 29.5 Å². The molecule has 0 aliphatic heterocycles. The molecule has 96 valence electrons. The van der Waals surface area contributed by atoms with Crippen LogP contribution in [0.3, 0.4) is 0 Å². The van der Waals surface area contributed by atoms with Crippen LogP contribution in [0.2, 0.25) is 5.02 Å². The smallest absolute Gasteiger partial charge is 0.175 e. The molecule has 3 nitrogen and oxygen atoms in total. The van der Waals surface area contributed by atoms with Gasteiger partial charge in [0.2, 0.25) is 0 Å². The molecule has 1 aromatic carbocycles. The van der Waals surface area contributed by atoms with E-state index in [4.69, 9.17) is 21.9 Å². The van der Waals surface area contributed by atoms with E-state index in [2.05, 4.69) is 5.16 Å². The van der Waals surface area contributed by atoms with Crippen LogP contribution in [0.25, 0.3) is 11.3 Å². The summed E-state index contributed by atoms with van der Waals surface area (Å²) in [5.41, 5.74) is 6.78. The number of halogens is 2. The zero-order chi connectivity index (χ0) is 13.3. The molecule has 1 aromatic heterocycles. The number of benzene rings is 1. The van der Waals surface area contributed by atoms with Crippen molar-refractivity contribution in [3.8, 4) is 11.3 Å². The molecule has 0 unspecified atom stereocenters. The van der Waals surface area contributed by atoms with Crippen molar-refractivity contribution in [1.29, 1.82) is 0 Å². The van der Waals surface area contributed by atoms with E-state index in [1.165, 1.54) is 6.07 Å². The lowest BCUT2D eigenvalue weighted by atomic mass is 9.99. The third kappa shape index (κ3) is 2.34. The molecule has 0 aliphatic rings. The number of nitrogens with zero attached hydrogens (tertiary/aromatic N) is 1. The molecule has 0 spiro atoms. The molecule has 0 saturated heterocycles. The average molecular weight is 269 g/mol. The van der Waals surface area contributed by atoms with Gasteiger partial charge in [0, 0.05) is 5.56 Å². The van der Waals surface area contributed by atoms with E-state index in [1.54, 1.807) is 12.1 Å². The van der Waals surface area contributed by atoms with Gasteiger partial charge in [-0.2, -0.15) is 0 Å². The molecule has 2 rings (SSSR count). The Kier molecular flexibility index (Phi) is 3.57. The van der Waals surface area contributed by atoms with Crippen LogP contribution in [0.15, 0.2) is 22.7 Å². The van der Waals surface area contributed by atoms with E-state index < -0.39 is 5.82 Å². The normalized spacial score (nSPS) is 11.2. The number of hydrogen-bond donors (Lipinski definition) is 1. The van der Waals surface area contributed by atoms with Crippen LogP contribution >= 0.6 is 11.6 Å².